The van der Waals surface area contributed by atoms with E-state index in [2.05, 4.69) is 5.32 Å². The van der Waals surface area contributed by atoms with Crippen molar-refractivity contribution in [1.29, 1.82) is 0 Å². The van der Waals surface area contributed by atoms with E-state index in [1.165, 1.54) is 17.4 Å². The summed E-state index contributed by atoms with van der Waals surface area (Å²) in [6, 6.07) is 16.6. The van der Waals surface area contributed by atoms with Crippen LogP contribution in [-0.4, -0.2) is 0 Å². The highest BCUT2D eigenvalue weighted by Gasteiger charge is 2.07. The molecule has 0 unspecified atom stereocenters. The Labute approximate surface area is 132 Å². The Morgan fingerprint density at radius 2 is 1.95 bits per heavy atom. The van der Waals surface area contributed by atoms with Gasteiger partial charge in [-0.25, -0.2) is 4.39 Å². The van der Waals surface area contributed by atoms with Crippen LogP contribution in [0.25, 0.3) is 10.4 Å². The smallest absolute Gasteiger partial charge is 0.131 e. The maximum atomic E-state index is 13.9. The lowest BCUT2D eigenvalue weighted by Crippen LogP contribution is -2.00. The minimum atomic E-state index is -0.191. The fraction of sp³-hybridized carbons (Fsp3) is 0.0588. The Bertz CT molecular complexity index is 740. The molecule has 0 bridgehead atoms. The van der Waals surface area contributed by atoms with E-state index in [0.717, 1.165) is 16.1 Å². The van der Waals surface area contributed by atoms with Gasteiger partial charge >= 0.3 is 0 Å². The van der Waals surface area contributed by atoms with Crippen LogP contribution in [0.5, 0.6) is 0 Å². The average Bonchev–Trinajstić information content (AvgIpc) is 3.00. The second-order valence-electron chi connectivity index (χ2n) is 4.66. The molecular weight excluding hydrogens is 305 g/mol. The summed E-state index contributed by atoms with van der Waals surface area (Å²) in [7, 11) is 0. The summed E-state index contributed by atoms with van der Waals surface area (Å²) >= 11 is 7.49. The molecule has 3 rings (SSSR count). The number of nitrogens with one attached hydrogen (secondary N) is 1. The Kier molecular flexibility index (Phi) is 4.23. The van der Waals surface area contributed by atoms with Gasteiger partial charge in [-0.1, -0.05) is 29.8 Å². The topological polar surface area (TPSA) is 12.0 Å². The van der Waals surface area contributed by atoms with Crippen LogP contribution in [0, 0.1) is 5.82 Å². The first kappa shape index (κ1) is 14.1. The molecule has 1 N–H and O–H groups in total. The third kappa shape index (κ3) is 3.43. The molecule has 4 heteroatoms. The standard InChI is InChI=1S/C17H13ClFNS/c18-13-3-1-4-14(10-13)20-11-12-6-7-16(19)15(9-12)17-5-2-8-21-17/h1-10,20H,11H2. The minimum absolute atomic E-state index is 0.191. The van der Waals surface area contributed by atoms with Crippen LogP contribution in [0.2, 0.25) is 5.02 Å². The fourth-order valence-corrected chi connectivity index (χ4v) is 3.04. The van der Waals surface area contributed by atoms with Gasteiger partial charge in [0, 0.05) is 27.7 Å². The van der Waals surface area contributed by atoms with Crippen molar-refractivity contribution in [2.24, 2.45) is 0 Å². The predicted molar refractivity (Wildman–Crippen MR) is 88.5 cm³/mol. The monoisotopic (exact) mass is 317 g/mol. The maximum Gasteiger partial charge on any atom is 0.131 e. The summed E-state index contributed by atoms with van der Waals surface area (Å²) in [4.78, 5) is 0.942. The quantitative estimate of drug-likeness (QED) is 0.639. The second kappa shape index (κ2) is 6.29. The molecule has 3 aromatic rings. The van der Waals surface area contributed by atoms with Crippen molar-refractivity contribution in [2.75, 3.05) is 5.32 Å². The number of hydrogen-bond acceptors (Lipinski definition) is 2. The molecule has 0 saturated carbocycles. The lowest BCUT2D eigenvalue weighted by molar-refractivity contribution is 0.631. The van der Waals surface area contributed by atoms with Crippen molar-refractivity contribution < 1.29 is 4.39 Å². The van der Waals surface area contributed by atoms with E-state index < -0.39 is 0 Å². The molecule has 0 aliphatic heterocycles. The summed E-state index contributed by atoms with van der Waals surface area (Å²) in [6.45, 7) is 0.624. The SMILES string of the molecule is Fc1ccc(CNc2cccc(Cl)c2)cc1-c1cccs1. The van der Waals surface area contributed by atoms with Gasteiger partial charge in [0.15, 0.2) is 0 Å². The molecule has 1 heterocycles. The number of halogens is 2. The predicted octanol–water partition coefficient (Wildman–Crippen LogP) is 5.82. The zero-order valence-corrected chi connectivity index (χ0v) is 12.7. The molecule has 0 aliphatic rings. The number of hydrogen-bond donors (Lipinski definition) is 1. The molecule has 0 aliphatic carbocycles. The van der Waals surface area contributed by atoms with E-state index in [1.54, 1.807) is 6.07 Å². The van der Waals surface area contributed by atoms with Crippen molar-refractivity contribution in [2.45, 2.75) is 6.54 Å². The van der Waals surface area contributed by atoms with Gasteiger partial charge in [0.05, 0.1) is 0 Å². The number of rotatable bonds is 4. The van der Waals surface area contributed by atoms with Gasteiger partial charge in [0.2, 0.25) is 0 Å². The van der Waals surface area contributed by atoms with E-state index in [1.807, 2.05) is 47.8 Å². The zero-order chi connectivity index (χ0) is 14.7. The third-order valence-corrected chi connectivity index (χ3v) is 4.28. The average molecular weight is 318 g/mol. The van der Waals surface area contributed by atoms with Crippen molar-refractivity contribution >= 4 is 28.6 Å². The lowest BCUT2D eigenvalue weighted by atomic mass is 10.1. The van der Waals surface area contributed by atoms with E-state index in [4.69, 9.17) is 11.6 Å². The Morgan fingerprint density at radius 3 is 2.71 bits per heavy atom. The molecule has 0 fully saturated rings. The van der Waals surface area contributed by atoms with Crippen LogP contribution in [0.3, 0.4) is 0 Å². The highest BCUT2D eigenvalue weighted by molar-refractivity contribution is 7.13. The minimum Gasteiger partial charge on any atom is -0.381 e. The molecule has 0 atom stereocenters. The summed E-state index contributed by atoms with van der Waals surface area (Å²) in [5.41, 5.74) is 2.62. The molecule has 0 spiro atoms. The van der Waals surface area contributed by atoms with Crippen molar-refractivity contribution in [3.8, 4) is 10.4 Å². The lowest BCUT2D eigenvalue weighted by Gasteiger charge is -2.09. The first-order valence-electron chi connectivity index (χ1n) is 6.54. The summed E-state index contributed by atoms with van der Waals surface area (Å²) in [5.74, 6) is -0.191. The molecular formula is C17H13ClFNS. The van der Waals surface area contributed by atoms with Gasteiger partial charge < -0.3 is 5.32 Å². The van der Waals surface area contributed by atoms with Crippen LogP contribution in [-0.2, 0) is 6.54 Å². The molecule has 0 amide bonds. The van der Waals surface area contributed by atoms with Gasteiger partial charge in [0.25, 0.3) is 0 Å². The highest BCUT2D eigenvalue weighted by atomic mass is 35.5. The maximum absolute atomic E-state index is 13.9. The fourth-order valence-electron chi connectivity index (χ4n) is 2.11. The van der Waals surface area contributed by atoms with Gasteiger partial charge in [-0.2, -0.15) is 0 Å². The summed E-state index contributed by atoms with van der Waals surface area (Å²) in [6.07, 6.45) is 0. The van der Waals surface area contributed by atoms with Crippen molar-refractivity contribution in [1.82, 2.24) is 0 Å². The number of anilines is 1. The number of thiophene rings is 1. The van der Waals surface area contributed by atoms with Crippen LogP contribution < -0.4 is 5.32 Å². The molecule has 0 radical (unpaired) electrons. The van der Waals surface area contributed by atoms with Crippen LogP contribution in [0.1, 0.15) is 5.56 Å². The van der Waals surface area contributed by atoms with Crippen molar-refractivity contribution in [3.05, 3.63) is 76.4 Å². The normalized spacial score (nSPS) is 10.6. The van der Waals surface area contributed by atoms with Gasteiger partial charge in [-0.15, -0.1) is 11.3 Å². The Morgan fingerprint density at radius 1 is 1.05 bits per heavy atom. The summed E-state index contributed by atoms with van der Waals surface area (Å²) < 4.78 is 13.9. The van der Waals surface area contributed by atoms with E-state index in [0.29, 0.717) is 17.1 Å². The molecule has 21 heavy (non-hydrogen) atoms. The van der Waals surface area contributed by atoms with Crippen molar-refractivity contribution in [3.63, 3.8) is 0 Å². The Hall–Kier alpha value is -1.84. The third-order valence-electron chi connectivity index (χ3n) is 3.14. The summed E-state index contributed by atoms with van der Waals surface area (Å²) in [5, 5.41) is 5.93. The van der Waals surface area contributed by atoms with Gasteiger partial charge in [-0.3, -0.25) is 0 Å². The largest absolute Gasteiger partial charge is 0.381 e. The first-order chi connectivity index (χ1) is 10.2. The molecule has 2 aromatic carbocycles. The Balaban J connectivity index is 1.79. The first-order valence-corrected chi connectivity index (χ1v) is 7.80. The molecule has 106 valence electrons. The molecule has 1 aromatic heterocycles. The zero-order valence-electron chi connectivity index (χ0n) is 11.1. The van der Waals surface area contributed by atoms with Gasteiger partial charge in [-0.05, 0) is 47.3 Å². The van der Waals surface area contributed by atoms with Crippen LogP contribution in [0.15, 0.2) is 60.0 Å². The molecule has 1 nitrogen and oxygen atoms in total. The van der Waals surface area contributed by atoms with E-state index >= 15 is 0 Å². The number of benzene rings is 2. The highest BCUT2D eigenvalue weighted by Crippen LogP contribution is 2.28. The van der Waals surface area contributed by atoms with Crippen LogP contribution in [0.4, 0.5) is 10.1 Å². The van der Waals surface area contributed by atoms with Gasteiger partial charge in [0.1, 0.15) is 5.82 Å². The van der Waals surface area contributed by atoms with Crippen LogP contribution >= 0.6 is 22.9 Å². The van der Waals surface area contributed by atoms with E-state index in [-0.39, 0.29) is 5.82 Å². The molecule has 0 saturated heterocycles. The van der Waals surface area contributed by atoms with E-state index in [9.17, 15) is 4.39 Å². The second-order valence-corrected chi connectivity index (χ2v) is 6.04.